The van der Waals surface area contributed by atoms with Crippen molar-refractivity contribution in [3.63, 3.8) is 0 Å². The molecule has 2 amide bonds. The average molecular weight is 407 g/mol. The summed E-state index contributed by atoms with van der Waals surface area (Å²) in [5.41, 5.74) is 1.94. The summed E-state index contributed by atoms with van der Waals surface area (Å²) >= 11 is 0. The monoisotopic (exact) mass is 407 g/mol. The number of hydrogen-bond acceptors (Lipinski definition) is 6. The maximum Gasteiger partial charge on any atom is 0.363 e. The van der Waals surface area contributed by atoms with Gasteiger partial charge in [-0.3, -0.25) is 10.00 Å². The normalized spacial score (nSPS) is 13.9. The summed E-state index contributed by atoms with van der Waals surface area (Å²) in [6.45, 7) is 2.95. The number of nitrogens with zero attached hydrogens (tertiary/aromatic N) is 6. The lowest BCUT2D eigenvalue weighted by atomic mass is 10.2. The van der Waals surface area contributed by atoms with E-state index in [9.17, 15) is 14.9 Å². The third-order valence-corrected chi connectivity index (χ3v) is 4.91. The number of nitrogens with one attached hydrogen (secondary N) is 1. The second kappa shape index (κ2) is 8.60. The van der Waals surface area contributed by atoms with Crippen molar-refractivity contribution in [1.82, 2.24) is 19.7 Å². The first-order valence-corrected chi connectivity index (χ1v) is 9.57. The van der Waals surface area contributed by atoms with Crippen LogP contribution in [-0.4, -0.2) is 56.8 Å². The molecule has 154 valence electrons. The molecule has 4 rings (SSSR count). The second-order valence-corrected chi connectivity index (χ2v) is 6.92. The first-order valence-electron chi connectivity index (χ1n) is 9.57. The van der Waals surface area contributed by atoms with E-state index in [-0.39, 0.29) is 11.8 Å². The molecule has 1 saturated heterocycles. The zero-order chi connectivity index (χ0) is 20.9. The molecule has 0 atom stereocenters. The molecule has 0 bridgehead atoms. The van der Waals surface area contributed by atoms with Gasteiger partial charge in [0.15, 0.2) is 12.0 Å². The summed E-state index contributed by atoms with van der Waals surface area (Å²) < 4.78 is 1.78. The number of pyridine rings is 1. The summed E-state index contributed by atoms with van der Waals surface area (Å²) in [7, 11) is 0. The van der Waals surface area contributed by atoms with Crippen LogP contribution in [0.4, 0.5) is 22.1 Å². The topological polar surface area (TPSA) is 109 Å². The van der Waals surface area contributed by atoms with Crippen LogP contribution in [0.25, 0.3) is 0 Å². The highest BCUT2D eigenvalue weighted by Crippen LogP contribution is 2.18. The van der Waals surface area contributed by atoms with E-state index in [4.69, 9.17) is 0 Å². The molecule has 10 heteroatoms. The molecule has 1 aliphatic heterocycles. The van der Waals surface area contributed by atoms with Gasteiger partial charge in [-0.25, -0.2) is 4.79 Å². The summed E-state index contributed by atoms with van der Waals surface area (Å²) in [6, 6.07) is 14.6. The third kappa shape index (κ3) is 4.54. The van der Waals surface area contributed by atoms with Crippen LogP contribution in [0.2, 0.25) is 0 Å². The predicted molar refractivity (Wildman–Crippen MR) is 111 cm³/mol. The van der Waals surface area contributed by atoms with Gasteiger partial charge >= 0.3 is 11.8 Å². The van der Waals surface area contributed by atoms with E-state index < -0.39 is 4.92 Å². The van der Waals surface area contributed by atoms with Crippen molar-refractivity contribution in [2.45, 2.75) is 6.54 Å². The van der Waals surface area contributed by atoms with Gasteiger partial charge in [0, 0.05) is 44.5 Å². The molecule has 0 aliphatic carbocycles. The van der Waals surface area contributed by atoms with E-state index >= 15 is 0 Å². The average Bonchev–Trinajstić information content (AvgIpc) is 3.21. The molecule has 3 heterocycles. The fourth-order valence-corrected chi connectivity index (χ4v) is 3.32. The van der Waals surface area contributed by atoms with E-state index in [1.807, 2.05) is 36.5 Å². The van der Waals surface area contributed by atoms with Crippen LogP contribution in [0.5, 0.6) is 0 Å². The van der Waals surface area contributed by atoms with Gasteiger partial charge in [-0.1, -0.05) is 30.3 Å². The Morgan fingerprint density at radius 2 is 1.83 bits per heavy atom. The number of aromatic nitrogens is 3. The van der Waals surface area contributed by atoms with Crippen LogP contribution >= 0.6 is 0 Å². The van der Waals surface area contributed by atoms with Crippen LogP contribution in [0.3, 0.4) is 0 Å². The maximum atomic E-state index is 12.6. The van der Waals surface area contributed by atoms with Crippen molar-refractivity contribution >= 4 is 23.4 Å². The van der Waals surface area contributed by atoms with Crippen LogP contribution in [-0.2, 0) is 6.54 Å². The van der Waals surface area contributed by atoms with Crippen molar-refractivity contribution in [3.8, 4) is 0 Å². The van der Waals surface area contributed by atoms with Gasteiger partial charge in [0.1, 0.15) is 0 Å². The number of amides is 2. The Labute approximate surface area is 172 Å². The minimum absolute atomic E-state index is 0.177. The van der Waals surface area contributed by atoms with Gasteiger partial charge in [-0.2, -0.15) is 5.10 Å². The molecule has 0 unspecified atom stereocenters. The van der Waals surface area contributed by atoms with Gasteiger partial charge in [-0.05, 0) is 21.5 Å². The number of urea groups is 1. The molecule has 2 aromatic heterocycles. The molecule has 0 saturated carbocycles. The molecule has 0 spiro atoms. The molecule has 10 nitrogen and oxygen atoms in total. The van der Waals surface area contributed by atoms with Gasteiger partial charge < -0.3 is 19.9 Å². The number of benzene rings is 1. The summed E-state index contributed by atoms with van der Waals surface area (Å²) in [5, 5.41) is 18.0. The smallest absolute Gasteiger partial charge is 0.363 e. The fraction of sp³-hybridized carbons (Fsp3) is 0.250. The van der Waals surface area contributed by atoms with Crippen LogP contribution in [0.1, 0.15) is 5.56 Å². The fourth-order valence-electron chi connectivity index (χ4n) is 3.32. The standard InChI is InChI=1S/C20H21N7O3/c28-20(22-18-8-9-26(23-18)15-16-4-2-1-3-5-16)25-12-10-24(11-13-25)17-6-7-19(21-14-17)27(29)30/h1-9,14H,10-13,15H2,(H,22,23,28). The number of carbonyl (C=O) groups excluding carboxylic acids is 1. The molecule has 0 radical (unpaired) electrons. The SMILES string of the molecule is O=C(Nc1ccn(Cc2ccccc2)n1)N1CCN(c2ccc([N+](=O)[O-])nc2)CC1. The zero-order valence-electron chi connectivity index (χ0n) is 16.2. The molecule has 1 fully saturated rings. The first-order chi connectivity index (χ1) is 14.6. The van der Waals surface area contributed by atoms with Crippen molar-refractivity contribution in [2.24, 2.45) is 0 Å². The minimum Gasteiger partial charge on any atom is -0.365 e. The number of anilines is 2. The van der Waals surface area contributed by atoms with Crippen LogP contribution in [0.15, 0.2) is 60.9 Å². The highest BCUT2D eigenvalue weighted by Gasteiger charge is 2.23. The number of piperazine rings is 1. The highest BCUT2D eigenvalue weighted by atomic mass is 16.6. The largest absolute Gasteiger partial charge is 0.365 e. The Bertz CT molecular complexity index is 1010. The first kappa shape index (κ1) is 19.4. The molecule has 1 N–H and O–H groups in total. The third-order valence-electron chi connectivity index (χ3n) is 4.91. The molecule has 1 aliphatic rings. The molecule has 3 aromatic rings. The van der Waals surface area contributed by atoms with Gasteiger partial charge in [0.25, 0.3) is 0 Å². The highest BCUT2D eigenvalue weighted by molar-refractivity contribution is 5.88. The van der Waals surface area contributed by atoms with Gasteiger partial charge in [-0.15, -0.1) is 0 Å². The Kier molecular flexibility index (Phi) is 5.55. The van der Waals surface area contributed by atoms with E-state index in [0.717, 1.165) is 11.3 Å². The summed E-state index contributed by atoms with van der Waals surface area (Å²) in [5.74, 6) is 0.335. The van der Waals surface area contributed by atoms with Crippen molar-refractivity contribution in [3.05, 3.63) is 76.6 Å². The quantitative estimate of drug-likeness (QED) is 0.514. The van der Waals surface area contributed by atoms with Crippen molar-refractivity contribution in [1.29, 1.82) is 0 Å². The number of carbonyl (C=O) groups is 1. The minimum atomic E-state index is -0.521. The molecular formula is C20H21N7O3. The zero-order valence-corrected chi connectivity index (χ0v) is 16.2. The Morgan fingerprint density at radius 3 is 2.50 bits per heavy atom. The van der Waals surface area contributed by atoms with E-state index in [1.54, 1.807) is 21.7 Å². The Hall–Kier alpha value is -3.95. The molecule has 1 aromatic carbocycles. The van der Waals surface area contributed by atoms with Crippen molar-refractivity contribution < 1.29 is 9.72 Å². The van der Waals surface area contributed by atoms with E-state index in [2.05, 4.69) is 20.3 Å². The van der Waals surface area contributed by atoms with Gasteiger partial charge in [0.2, 0.25) is 0 Å². The summed E-state index contributed by atoms with van der Waals surface area (Å²) in [6.07, 6.45) is 3.33. The van der Waals surface area contributed by atoms with E-state index in [1.165, 1.54) is 12.3 Å². The van der Waals surface area contributed by atoms with Crippen LogP contribution < -0.4 is 10.2 Å². The molecular weight excluding hydrogens is 386 g/mol. The Morgan fingerprint density at radius 1 is 1.07 bits per heavy atom. The van der Waals surface area contributed by atoms with E-state index in [0.29, 0.717) is 38.5 Å². The lowest BCUT2D eigenvalue weighted by molar-refractivity contribution is -0.389. The predicted octanol–water partition coefficient (Wildman–Crippen LogP) is 2.59. The summed E-state index contributed by atoms with van der Waals surface area (Å²) in [4.78, 5) is 30.4. The number of rotatable bonds is 5. The Balaban J connectivity index is 1.29. The second-order valence-electron chi connectivity index (χ2n) is 6.92. The molecule has 30 heavy (non-hydrogen) atoms. The maximum absolute atomic E-state index is 12.6. The number of nitro groups is 1. The lowest BCUT2D eigenvalue weighted by Crippen LogP contribution is -2.50. The lowest BCUT2D eigenvalue weighted by Gasteiger charge is -2.35. The van der Waals surface area contributed by atoms with Gasteiger partial charge in [0.05, 0.1) is 12.2 Å². The van der Waals surface area contributed by atoms with Crippen molar-refractivity contribution in [2.75, 3.05) is 36.4 Å². The number of hydrogen-bond donors (Lipinski definition) is 1. The van der Waals surface area contributed by atoms with Crippen LogP contribution in [0, 0.1) is 10.1 Å².